The minimum Gasteiger partial charge on any atom is -0.446 e. The molecular formula is C29H31N2O8PS. The fourth-order valence-electron chi connectivity index (χ4n) is 3.80. The minimum atomic E-state index is -4.00. The lowest BCUT2D eigenvalue weighted by atomic mass is 10.1. The van der Waals surface area contributed by atoms with Crippen LogP contribution in [0.3, 0.4) is 0 Å². The maximum absolute atomic E-state index is 14.2. The molecule has 0 radical (unpaired) electrons. The molecule has 0 unspecified atom stereocenters. The number of carbonyl (C=O) groups excluding carboxylic acids is 2. The molecule has 0 fully saturated rings. The number of hydrogen-bond donors (Lipinski definition) is 1. The van der Waals surface area contributed by atoms with E-state index < -0.39 is 19.5 Å². The van der Waals surface area contributed by atoms with E-state index in [2.05, 4.69) is 18.8 Å². The molecule has 0 bridgehead atoms. The zero-order chi connectivity index (χ0) is 29.6. The Morgan fingerprint density at radius 1 is 0.878 bits per heavy atom. The molecule has 41 heavy (non-hydrogen) atoms. The second-order valence-electron chi connectivity index (χ2n) is 9.58. The van der Waals surface area contributed by atoms with Crippen molar-refractivity contribution in [1.82, 2.24) is 4.98 Å². The van der Waals surface area contributed by atoms with Gasteiger partial charge in [-0.2, -0.15) is 0 Å². The summed E-state index contributed by atoms with van der Waals surface area (Å²) in [7, 11) is -4.00. The van der Waals surface area contributed by atoms with Gasteiger partial charge in [0.1, 0.15) is 17.2 Å². The summed E-state index contributed by atoms with van der Waals surface area (Å²) in [5.74, 6) is 0.689. The van der Waals surface area contributed by atoms with Gasteiger partial charge in [0.25, 0.3) is 0 Å². The van der Waals surface area contributed by atoms with Gasteiger partial charge in [0.05, 0.1) is 13.2 Å². The first-order valence-corrected chi connectivity index (χ1v) is 15.2. The third-order valence-electron chi connectivity index (χ3n) is 5.57. The summed E-state index contributed by atoms with van der Waals surface area (Å²) in [6, 6.07) is 16.5. The van der Waals surface area contributed by atoms with E-state index in [1.807, 2.05) is 0 Å². The molecule has 216 valence electrons. The molecule has 0 atom stereocenters. The van der Waals surface area contributed by atoms with Crippen LogP contribution in [0.25, 0.3) is 11.5 Å². The van der Waals surface area contributed by atoms with Gasteiger partial charge >= 0.3 is 19.5 Å². The van der Waals surface area contributed by atoms with Gasteiger partial charge in [0, 0.05) is 18.7 Å². The van der Waals surface area contributed by atoms with Crippen molar-refractivity contribution in [2.45, 2.75) is 47.3 Å². The summed E-state index contributed by atoms with van der Waals surface area (Å²) in [5, 5.41) is 0.415. The maximum atomic E-state index is 14.2. The summed E-state index contributed by atoms with van der Waals surface area (Å²) in [6.07, 6.45) is 0.761. The number of anilines is 1. The first-order valence-electron chi connectivity index (χ1n) is 12.8. The number of nitrogens with two attached hydrogens (primary N) is 1. The molecule has 0 aliphatic heterocycles. The van der Waals surface area contributed by atoms with Gasteiger partial charge in [-0.15, -0.1) is 11.3 Å². The van der Waals surface area contributed by atoms with Crippen LogP contribution in [0.4, 0.5) is 5.13 Å². The van der Waals surface area contributed by atoms with Gasteiger partial charge in [-0.25, -0.2) is 4.98 Å². The van der Waals surface area contributed by atoms with E-state index in [1.54, 1.807) is 60.7 Å². The van der Waals surface area contributed by atoms with Crippen molar-refractivity contribution in [3.8, 4) is 23.0 Å². The highest BCUT2D eigenvalue weighted by Crippen LogP contribution is 2.50. The summed E-state index contributed by atoms with van der Waals surface area (Å²) >= 11 is 1.39. The number of esters is 2. The third-order valence-corrected chi connectivity index (χ3v) is 8.20. The van der Waals surface area contributed by atoms with Crippen LogP contribution in [-0.4, -0.2) is 16.9 Å². The Bertz CT molecular complexity index is 1480. The van der Waals surface area contributed by atoms with Crippen molar-refractivity contribution < 1.29 is 37.1 Å². The molecule has 2 N–H and O–H groups in total. The number of nitrogen functional groups attached to an aromatic ring is 1. The number of benzene rings is 2. The van der Waals surface area contributed by atoms with Crippen LogP contribution in [0, 0.1) is 5.92 Å². The smallest absolute Gasteiger partial charge is 0.396 e. The van der Waals surface area contributed by atoms with Gasteiger partial charge in [0.15, 0.2) is 10.9 Å². The Hall–Kier alpha value is -3.76. The molecule has 0 amide bonds. The monoisotopic (exact) mass is 598 g/mol. The highest BCUT2D eigenvalue weighted by atomic mass is 32.1. The molecule has 2 aromatic heterocycles. The van der Waals surface area contributed by atoms with Crippen LogP contribution in [0.5, 0.6) is 11.5 Å². The topological polar surface area (TPSA) is 140 Å². The average Bonchev–Trinajstić information content (AvgIpc) is 3.54. The Morgan fingerprint density at radius 2 is 1.39 bits per heavy atom. The Labute approximate surface area is 241 Å². The van der Waals surface area contributed by atoms with E-state index in [4.69, 9.17) is 28.7 Å². The van der Waals surface area contributed by atoms with Crippen molar-refractivity contribution in [2.75, 3.05) is 5.73 Å². The largest absolute Gasteiger partial charge is 0.446 e. The number of hydrogen-bond acceptors (Lipinski definition) is 11. The van der Waals surface area contributed by atoms with Gasteiger partial charge in [-0.05, 0) is 59.9 Å². The van der Waals surface area contributed by atoms with Gasteiger partial charge < -0.3 is 19.6 Å². The summed E-state index contributed by atoms with van der Waals surface area (Å²) in [4.78, 5) is 27.8. The highest BCUT2D eigenvalue weighted by molar-refractivity contribution is 7.61. The number of aromatic nitrogens is 1. The lowest BCUT2D eigenvalue weighted by molar-refractivity contribution is -0.132. The summed E-state index contributed by atoms with van der Waals surface area (Å²) < 4.78 is 42.1. The van der Waals surface area contributed by atoms with E-state index in [1.165, 1.54) is 25.2 Å². The van der Waals surface area contributed by atoms with E-state index in [9.17, 15) is 14.2 Å². The van der Waals surface area contributed by atoms with Crippen molar-refractivity contribution in [3.63, 3.8) is 0 Å². The molecule has 0 aliphatic rings. The predicted molar refractivity (Wildman–Crippen MR) is 155 cm³/mol. The SMILES string of the molecule is CC(=O)Oc1ccc(COP(=O)(OCc2ccc(OC(C)=O)cc2)c2ccc(-c3nc(N)sc3CC(C)C)o2)cc1. The molecule has 0 aliphatic carbocycles. The van der Waals surface area contributed by atoms with E-state index >= 15 is 0 Å². The van der Waals surface area contributed by atoms with Crippen LogP contribution in [0.15, 0.2) is 65.1 Å². The van der Waals surface area contributed by atoms with E-state index in [-0.39, 0.29) is 18.7 Å². The number of rotatable bonds is 12. The zero-order valence-corrected chi connectivity index (χ0v) is 24.8. The molecular weight excluding hydrogens is 567 g/mol. The average molecular weight is 599 g/mol. The van der Waals surface area contributed by atoms with Crippen molar-refractivity contribution >= 4 is 41.5 Å². The van der Waals surface area contributed by atoms with Gasteiger partial charge in [-0.1, -0.05) is 38.1 Å². The molecule has 4 rings (SSSR count). The number of nitrogens with zero attached hydrogens (tertiary/aromatic N) is 1. The zero-order valence-electron chi connectivity index (χ0n) is 23.1. The second kappa shape index (κ2) is 13.3. The molecule has 0 spiro atoms. The number of furan rings is 1. The fourth-order valence-corrected chi connectivity index (χ4v) is 6.28. The van der Waals surface area contributed by atoms with Crippen LogP contribution in [-0.2, 0) is 42.8 Å². The van der Waals surface area contributed by atoms with Crippen LogP contribution >= 0.6 is 18.9 Å². The molecule has 10 nitrogen and oxygen atoms in total. The van der Waals surface area contributed by atoms with Crippen molar-refractivity contribution in [1.29, 1.82) is 0 Å². The fraction of sp³-hybridized carbons (Fsp3) is 0.276. The lowest BCUT2D eigenvalue weighted by Gasteiger charge is -2.17. The van der Waals surface area contributed by atoms with Crippen molar-refractivity contribution in [2.24, 2.45) is 5.92 Å². The third kappa shape index (κ3) is 8.37. The molecule has 2 heterocycles. The van der Waals surface area contributed by atoms with Gasteiger partial charge in [-0.3, -0.25) is 23.2 Å². The second-order valence-corrected chi connectivity index (χ2v) is 12.6. The molecule has 0 saturated heterocycles. The first-order chi connectivity index (χ1) is 19.5. The normalized spacial score (nSPS) is 11.5. The van der Waals surface area contributed by atoms with Crippen LogP contribution in [0.2, 0.25) is 0 Å². The lowest BCUT2D eigenvalue weighted by Crippen LogP contribution is -2.09. The predicted octanol–water partition coefficient (Wildman–Crippen LogP) is 6.29. The molecule has 4 aromatic rings. The number of ether oxygens (including phenoxy) is 2. The quantitative estimate of drug-likeness (QED) is 0.112. The van der Waals surface area contributed by atoms with E-state index in [0.717, 1.165) is 11.3 Å². The van der Waals surface area contributed by atoms with Crippen LogP contribution < -0.4 is 20.7 Å². The first kappa shape index (κ1) is 30.2. The Morgan fingerprint density at radius 3 is 1.85 bits per heavy atom. The summed E-state index contributed by atoms with van der Waals surface area (Å²) in [5.41, 5.74) is 7.95. The summed E-state index contributed by atoms with van der Waals surface area (Å²) in [6.45, 7) is 6.69. The van der Waals surface area contributed by atoms with Crippen LogP contribution in [0.1, 0.15) is 43.7 Å². The number of thiazole rings is 1. The highest BCUT2D eigenvalue weighted by Gasteiger charge is 2.33. The van der Waals surface area contributed by atoms with Crippen molar-refractivity contribution in [3.05, 3.63) is 76.7 Å². The molecule has 2 aromatic carbocycles. The molecule has 12 heteroatoms. The minimum absolute atomic E-state index is 0.0163. The van der Waals surface area contributed by atoms with E-state index in [0.29, 0.717) is 45.1 Å². The van der Waals surface area contributed by atoms with Gasteiger partial charge in [0.2, 0.25) is 5.50 Å². The Kier molecular flexibility index (Phi) is 9.77. The number of carbonyl (C=O) groups is 2. The standard InChI is InChI=1S/C29H31N2O8PS/c1-18(2)15-26-28(31-29(30)41-26)25-13-14-27(39-25)40(34,35-16-21-5-9-23(10-6-21)37-19(3)32)36-17-22-7-11-24(12-8-22)38-20(4)33/h5-14,18H,15-17H2,1-4H3,(H2,30,31). The maximum Gasteiger partial charge on any atom is 0.396 e. The Balaban J connectivity index is 1.58. The molecule has 0 saturated carbocycles.